The molecule has 0 saturated heterocycles. The summed E-state index contributed by atoms with van der Waals surface area (Å²) in [5.74, 6) is -0.899. The molecule has 0 radical (unpaired) electrons. The standard InChI is InChI=1S/C29H23N3O5/c1-2-29(36)21-13-24-26-17(14-32(24)27(34)20(21)15-37-28(29)35)12-19-18(22(30)9-10-23(19)31-26)8-11-25(33)16-6-4-3-5-7-16/h3-13,36H,2,14-15,30H2,1H3/b11-8+/t29-/m0/s1. The van der Waals surface area contributed by atoms with E-state index in [9.17, 15) is 19.5 Å². The van der Waals surface area contributed by atoms with Gasteiger partial charge in [0.2, 0.25) is 0 Å². The van der Waals surface area contributed by atoms with Crippen LogP contribution in [0.15, 0.2) is 65.5 Å². The molecule has 0 amide bonds. The number of cyclic esters (lactones) is 1. The highest BCUT2D eigenvalue weighted by molar-refractivity contribution is 6.08. The number of nitrogen functional groups attached to an aromatic ring is 1. The summed E-state index contributed by atoms with van der Waals surface area (Å²) in [4.78, 5) is 43.2. The first-order chi connectivity index (χ1) is 17.8. The fourth-order valence-corrected chi connectivity index (χ4v) is 5.13. The Kier molecular flexibility index (Phi) is 5.10. The van der Waals surface area contributed by atoms with E-state index in [1.165, 1.54) is 6.08 Å². The van der Waals surface area contributed by atoms with Gasteiger partial charge in [-0.25, -0.2) is 9.78 Å². The van der Waals surface area contributed by atoms with Crippen LogP contribution in [0.4, 0.5) is 5.69 Å². The van der Waals surface area contributed by atoms with E-state index in [1.54, 1.807) is 60.0 Å². The summed E-state index contributed by atoms with van der Waals surface area (Å²) < 4.78 is 6.72. The van der Waals surface area contributed by atoms with Crippen molar-refractivity contribution in [1.29, 1.82) is 0 Å². The Morgan fingerprint density at radius 3 is 2.73 bits per heavy atom. The topological polar surface area (TPSA) is 125 Å². The van der Waals surface area contributed by atoms with Crippen LogP contribution in [-0.2, 0) is 28.3 Å². The molecule has 0 bridgehead atoms. The Labute approximate surface area is 211 Å². The molecule has 6 rings (SSSR count). The Morgan fingerprint density at radius 1 is 1.19 bits per heavy atom. The molecular formula is C29H23N3O5. The number of esters is 1. The summed E-state index contributed by atoms with van der Waals surface area (Å²) in [5, 5.41) is 11.8. The first-order valence-corrected chi connectivity index (χ1v) is 12.0. The van der Waals surface area contributed by atoms with Gasteiger partial charge in [-0.05, 0) is 42.8 Å². The second kappa shape index (κ2) is 8.25. The monoisotopic (exact) mass is 493 g/mol. The van der Waals surface area contributed by atoms with Gasteiger partial charge in [-0.15, -0.1) is 0 Å². The van der Waals surface area contributed by atoms with Gasteiger partial charge >= 0.3 is 5.97 Å². The average molecular weight is 494 g/mol. The third kappa shape index (κ3) is 3.41. The average Bonchev–Trinajstić information content (AvgIpc) is 3.27. The highest BCUT2D eigenvalue weighted by atomic mass is 16.6. The molecule has 4 aromatic rings. The molecule has 4 heterocycles. The molecule has 184 valence electrons. The first-order valence-electron chi connectivity index (χ1n) is 12.0. The van der Waals surface area contributed by atoms with E-state index >= 15 is 0 Å². The molecule has 8 heteroatoms. The summed E-state index contributed by atoms with van der Waals surface area (Å²) in [5.41, 5.74) is 8.96. The molecule has 3 N–H and O–H groups in total. The Bertz CT molecular complexity index is 1720. The summed E-state index contributed by atoms with van der Waals surface area (Å²) in [6, 6.07) is 16.1. The normalized spacial score (nSPS) is 17.9. The molecule has 8 nitrogen and oxygen atoms in total. The van der Waals surface area contributed by atoms with Gasteiger partial charge in [0.05, 0.1) is 29.0 Å². The van der Waals surface area contributed by atoms with Crippen molar-refractivity contribution in [2.75, 3.05) is 5.73 Å². The van der Waals surface area contributed by atoms with Crippen LogP contribution in [-0.4, -0.2) is 26.4 Å². The molecule has 0 fully saturated rings. The van der Waals surface area contributed by atoms with Crippen LogP contribution in [0.5, 0.6) is 0 Å². The number of hydrogen-bond donors (Lipinski definition) is 2. The zero-order valence-corrected chi connectivity index (χ0v) is 20.0. The minimum atomic E-state index is -1.88. The second-order valence-electron chi connectivity index (χ2n) is 9.30. The molecule has 2 aliphatic rings. The Morgan fingerprint density at radius 2 is 1.97 bits per heavy atom. The van der Waals surface area contributed by atoms with Gasteiger partial charge in [0.15, 0.2) is 11.4 Å². The zero-order valence-electron chi connectivity index (χ0n) is 20.0. The van der Waals surface area contributed by atoms with Crippen LogP contribution < -0.4 is 11.3 Å². The van der Waals surface area contributed by atoms with Crippen LogP contribution in [0.2, 0.25) is 0 Å². The Hall–Kier alpha value is -4.56. The third-order valence-corrected chi connectivity index (χ3v) is 7.23. The van der Waals surface area contributed by atoms with Gasteiger partial charge in [-0.1, -0.05) is 37.3 Å². The van der Waals surface area contributed by atoms with Gasteiger partial charge < -0.3 is 20.1 Å². The number of allylic oxidation sites excluding steroid dienone is 1. The molecule has 0 unspecified atom stereocenters. The molecule has 1 atom stereocenters. The Balaban J connectivity index is 1.48. The lowest BCUT2D eigenvalue weighted by Crippen LogP contribution is -2.44. The van der Waals surface area contributed by atoms with Crippen LogP contribution in [0.1, 0.15) is 46.0 Å². The number of benzene rings is 2. The van der Waals surface area contributed by atoms with E-state index < -0.39 is 11.6 Å². The maximum absolute atomic E-state index is 13.4. The molecule has 37 heavy (non-hydrogen) atoms. The molecule has 2 aromatic carbocycles. The van der Waals surface area contributed by atoms with E-state index in [1.807, 2.05) is 12.1 Å². The van der Waals surface area contributed by atoms with E-state index in [4.69, 9.17) is 15.5 Å². The highest BCUT2D eigenvalue weighted by Gasteiger charge is 2.45. The SMILES string of the molecule is CC[C@@]1(O)C(=O)OCc2c1cc1n(c2=O)Cc2cc3c(/C=C/C(=O)c4ccccc4)c(N)ccc3nc2-1. The number of pyridine rings is 2. The van der Waals surface area contributed by atoms with Crippen molar-refractivity contribution in [1.82, 2.24) is 9.55 Å². The largest absolute Gasteiger partial charge is 0.458 e. The third-order valence-electron chi connectivity index (χ3n) is 7.23. The fraction of sp³-hybridized carbons (Fsp3) is 0.172. The number of ketones is 1. The maximum atomic E-state index is 13.4. The van der Waals surface area contributed by atoms with Crippen LogP contribution in [0, 0.1) is 0 Å². The van der Waals surface area contributed by atoms with E-state index in [-0.39, 0.29) is 42.0 Å². The quantitative estimate of drug-likeness (QED) is 0.170. The minimum absolute atomic E-state index is 0.0798. The lowest BCUT2D eigenvalue weighted by Gasteiger charge is -2.31. The minimum Gasteiger partial charge on any atom is -0.458 e. The van der Waals surface area contributed by atoms with Gasteiger partial charge in [-0.2, -0.15) is 0 Å². The van der Waals surface area contributed by atoms with Crippen molar-refractivity contribution < 1.29 is 19.4 Å². The molecule has 2 aliphatic heterocycles. The van der Waals surface area contributed by atoms with E-state index in [0.29, 0.717) is 33.7 Å². The van der Waals surface area contributed by atoms with Crippen molar-refractivity contribution >= 4 is 34.4 Å². The number of rotatable bonds is 4. The summed E-state index contributed by atoms with van der Waals surface area (Å²) in [6.07, 6.45) is 3.26. The number of fused-ring (bicyclic) bond motifs is 5. The van der Waals surface area contributed by atoms with Gasteiger partial charge in [-0.3, -0.25) is 9.59 Å². The number of ether oxygens (including phenoxy) is 1. The van der Waals surface area contributed by atoms with Crippen LogP contribution in [0.3, 0.4) is 0 Å². The molecule has 0 spiro atoms. The summed E-state index contributed by atoms with van der Waals surface area (Å²) >= 11 is 0. The smallest absolute Gasteiger partial charge is 0.343 e. The van der Waals surface area contributed by atoms with Gasteiger partial charge in [0.25, 0.3) is 5.56 Å². The van der Waals surface area contributed by atoms with Crippen molar-refractivity contribution in [3.63, 3.8) is 0 Å². The van der Waals surface area contributed by atoms with Crippen molar-refractivity contribution in [2.45, 2.75) is 32.1 Å². The first kappa shape index (κ1) is 22.9. The van der Waals surface area contributed by atoms with E-state index in [2.05, 4.69) is 0 Å². The molecule has 2 aromatic heterocycles. The number of aromatic nitrogens is 2. The summed E-state index contributed by atoms with van der Waals surface area (Å²) in [7, 11) is 0. The lowest BCUT2D eigenvalue weighted by atomic mass is 9.86. The number of carbonyl (C=O) groups excluding carboxylic acids is 2. The predicted octanol–water partition coefficient (Wildman–Crippen LogP) is 3.56. The zero-order chi connectivity index (χ0) is 25.9. The van der Waals surface area contributed by atoms with E-state index in [0.717, 1.165) is 10.9 Å². The number of anilines is 1. The molecular weight excluding hydrogens is 470 g/mol. The van der Waals surface area contributed by atoms with Crippen LogP contribution in [0.25, 0.3) is 28.4 Å². The highest BCUT2D eigenvalue weighted by Crippen LogP contribution is 2.39. The second-order valence-corrected chi connectivity index (χ2v) is 9.30. The van der Waals surface area contributed by atoms with Crippen molar-refractivity contribution in [3.8, 4) is 11.4 Å². The van der Waals surface area contributed by atoms with Crippen LogP contribution >= 0.6 is 0 Å². The molecule has 0 aliphatic carbocycles. The van der Waals surface area contributed by atoms with Crippen molar-refractivity contribution in [2.24, 2.45) is 0 Å². The number of aliphatic hydroxyl groups is 1. The maximum Gasteiger partial charge on any atom is 0.343 e. The lowest BCUT2D eigenvalue weighted by molar-refractivity contribution is -0.172. The van der Waals surface area contributed by atoms with Gasteiger partial charge in [0, 0.05) is 33.3 Å². The summed E-state index contributed by atoms with van der Waals surface area (Å²) in [6.45, 7) is 1.77. The van der Waals surface area contributed by atoms with Gasteiger partial charge in [0.1, 0.15) is 6.61 Å². The predicted molar refractivity (Wildman–Crippen MR) is 139 cm³/mol. The fourth-order valence-electron chi connectivity index (χ4n) is 5.13. The molecule has 0 saturated carbocycles. The van der Waals surface area contributed by atoms with Crippen molar-refractivity contribution in [3.05, 3.63) is 98.8 Å². The number of hydrogen-bond acceptors (Lipinski definition) is 7. The number of nitrogens with two attached hydrogens (primary N) is 1. The number of nitrogens with zero attached hydrogens (tertiary/aromatic N) is 2. The number of carbonyl (C=O) groups is 2.